The molecule has 218 valence electrons. The Bertz CT molecular complexity index is 1710. The monoisotopic (exact) mass is 619 g/mol. The van der Waals surface area contributed by atoms with Crippen molar-refractivity contribution in [3.8, 4) is 16.3 Å². The minimum absolute atomic E-state index is 0.167. The quantitative estimate of drug-likeness (QED) is 0.140. The number of aromatic hydroxyl groups is 1. The first-order chi connectivity index (χ1) is 19.9. The maximum absolute atomic E-state index is 12.6. The molecule has 0 saturated heterocycles. The van der Waals surface area contributed by atoms with Crippen molar-refractivity contribution < 1.29 is 33.0 Å². The molecule has 0 bridgehead atoms. The summed E-state index contributed by atoms with van der Waals surface area (Å²) in [6, 6.07) is 16.9. The lowest BCUT2D eigenvalue weighted by atomic mass is 10.1. The van der Waals surface area contributed by atoms with E-state index in [0.717, 1.165) is 22.0 Å². The third-order valence-electron chi connectivity index (χ3n) is 5.57. The Morgan fingerprint density at radius 2 is 1.81 bits per heavy atom. The SMILES string of the molecule is N[C@@H](Cc1ccc(O)cc1)C(=O)Nc1cccc(-c2nnc(Nc3ccc4[nH]ncc4c3Cl)s2)c1.O=C(O)C(F)(F)F. The van der Waals surface area contributed by atoms with Crippen molar-refractivity contribution in [1.29, 1.82) is 0 Å². The summed E-state index contributed by atoms with van der Waals surface area (Å²) >= 11 is 7.84. The summed E-state index contributed by atoms with van der Waals surface area (Å²) in [5, 5.41) is 40.6. The fraction of sp³-hybridized carbons (Fsp3) is 0.115. The number of aromatic nitrogens is 4. The Kier molecular flexibility index (Phi) is 9.25. The van der Waals surface area contributed by atoms with Crippen molar-refractivity contribution in [2.75, 3.05) is 10.6 Å². The molecule has 0 spiro atoms. The van der Waals surface area contributed by atoms with Crippen LogP contribution in [0.5, 0.6) is 5.75 Å². The molecule has 42 heavy (non-hydrogen) atoms. The summed E-state index contributed by atoms with van der Waals surface area (Å²) < 4.78 is 31.7. The average Bonchev–Trinajstić information content (AvgIpc) is 3.62. The molecule has 0 aliphatic rings. The fourth-order valence-electron chi connectivity index (χ4n) is 3.53. The second-order valence-electron chi connectivity index (χ2n) is 8.65. The number of phenols is 1. The van der Waals surface area contributed by atoms with E-state index in [0.29, 0.717) is 33.0 Å². The van der Waals surface area contributed by atoms with Gasteiger partial charge in [-0.3, -0.25) is 9.89 Å². The first-order valence-electron chi connectivity index (χ1n) is 11.9. The Labute approximate surface area is 244 Å². The highest BCUT2D eigenvalue weighted by atomic mass is 35.5. The number of phenolic OH excluding ortho intramolecular Hbond substituents is 1. The van der Waals surface area contributed by atoms with Crippen LogP contribution >= 0.6 is 22.9 Å². The predicted molar refractivity (Wildman–Crippen MR) is 152 cm³/mol. The van der Waals surface area contributed by atoms with Gasteiger partial charge in [-0.1, -0.05) is 47.2 Å². The van der Waals surface area contributed by atoms with Crippen molar-refractivity contribution in [1.82, 2.24) is 20.4 Å². The number of fused-ring (bicyclic) bond motifs is 1. The zero-order chi connectivity index (χ0) is 30.4. The molecule has 5 rings (SSSR count). The zero-order valence-corrected chi connectivity index (χ0v) is 22.8. The van der Waals surface area contributed by atoms with Crippen molar-refractivity contribution in [2.45, 2.75) is 18.6 Å². The number of alkyl halides is 3. The molecule has 5 aromatic rings. The molecule has 16 heteroatoms. The van der Waals surface area contributed by atoms with Crippen LogP contribution in [-0.4, -0.2) is 54.7 Å². The van der Waals surface area contributed by atoms with Crippen LogP contribution in [0.1, 0.15) is 5.56 Å². The number of carbonyl (C=O) groups is 2. The first-order valence-corrected chi connectivity index (χ1v) is 13.1. The third-order valence-corrected chi connectivity index (χ3v) is 6.87. The number of H-pyrrole nitrogens is 1. The molecule has 2 aromatic heterocycles. The summed E-state index contributed by atoms with van der Waals surface area (Å²) in [6.07, 6.45) is -3.06. The lowest BCUT2D eigenvalue weighted by molar-refractivity contribution is -0.192. The zero-order valence-electron chi connectivity index (χ0n) is 21.2. The number of carbonyl (C=O) groups excluding carboxylic acids is 1. The summed E-state index contributed by atoms with van der Waals surface area (Å²) in [5.74, 6) is -2.90. The van der Waals surface area contributed by atoms with E-state index in [1.165, 1.54) is 11.3 Å². The Morgan fingerprint density at radius 1 is 1.10 bits per heavy atom. The molecule has 0 fully saturated rings. The van der Waals surface area contributed by atoms with Crippen LogP contribution in [0.3, 0.4) is 0 Å². The number of aliphatic carboxylic acids is 1. The number of anilines is 3. The van der Waals surface area contributed by atoms with E-state index in [1.807, 2.05) is 30.3 Å². The molecule has 2 heterocycles. The smallest absolute Gasteiger partial charge is 0.490 e. The molecule has 7 N–H and O–H groups in total. The van der Waals surface area contributed by atoms with Crippen molar-refractivity contribution >= 4 is 62.2 Å². The van der Waals surface area contributed by atoms with E-state index in [9.17, 15) is 23.1 Å². The summed E-state index contributed by atoms with van der Waals surface area (Å²) in [4.78, 5) is 21.5. The van der Waals surface area contributed by atoms with Gasteiger partial charge in [0, 0.05) is 16.6 Å². The number of nitrogens with one attached hydrogen (secondary N) is 3. The highest BCUT2D eigenvalue weighted by molar-refractivity contribution is 7.18. The molecule has 3 aromatic carbocycles. The normalized spacial score (nSPS) is 11.8. The van der Waals surface area contributed by atoms with Crippen LogP contribution < -0.4 is 16.4 Å². The second kappa shape index (κ2) is 12.8. The number of carboxylic acid groups (broad SMARTS) is 1. The number of hydrogen-bond donors (Lipinski definition) is 6. The maximum Gasteiger partial charge on any atom is 0.490 e. The molecule has 0 aliphatic carbocycles. The van der Waals surface area contributed by atoms with Gasteiger partial charge in [-0.15, -0.1) is 10.2 Å². The number of nitrogens with zero attached hydrogens (tertiary/aromatic N) is 3. The summed E-state index contributed by atoms with van der Waals surface area (Å²) in [5.41, 5.74) is 9.90. The topological polar surface area (TPSA) is 179 Å². The van der Waals surface area contributed by atoms with Gasteiger partial charge in [-0.25, -0.2) is 4.79 Å². The van der Waals surface area contributed by atoms with Crippen LogP contribution in [0.15, 0.2) is 66.9 Å². The van der Waals surface area contributed by atoms with E-state index < -0.39 is 18.2 Å². The van der Waals surface area contributed by atoms with Crippen LogP contribution in [-0.2, 0) is 16.0 Å². The fourth-order valence-corrected chi connectivity index (χ4v) is 4.54. The standard InChI is InChI=1S/C24H20ClN7O2S.C2HF3O2/c25-21-17-12-27-30-19(17)8-9-20(21)29-24-32-31-23(35-24)14-2-1-3-15(11-14)28-22(34)18(26)10-13-4-6-16(33)7-5-13;3-2(4,5)1(6)7/h1-9,11-12,18,33H,10,26H2,(H,27,30)(H,28,34)(H,29,32);(H,6,7)/t18-;/m0./s1. The maximum atomic E-state index is 12.6. The molecule has 0 unspecified atom stereocenters. The van der Waals surface area contributed by atoms with Gasteiger partial charge in [0.05, 0.1) is 28.5 Å². The Hall–Kier alpha value is -4.73. The van der Waals surface area contributed by atoms with Crippen LogP contribution in [0, 0.1) is 0 Å². The minimum Gasteiger partial charge on any atom is -0.508 e. The van der Waals surface area contributed by atoms with Crippen LogP contribution in [0.4, 0.5) is 29.7 Å². The van der Waals surface area contributed by atoms with E-state index in [2.05, 4.69) is 31.0 Å². The number of aromatic amines is 1. The van der Waals surface area contributed by atoms with Gasteiger partial charge < -0.3 is 26.6 Å². The van der Waals surface area contributed by atoms with Gasteiger partial charge in [0.25, 0.3) is 0 Å². The molecule has 0 aliphatic heterocycles. The molecular weight excluding hydrogens is 599 g/mol. The van der Waals surface area contributed by atoms with E-state index in [1.54, 1.807) is 36.5 Å². The lowest BCUT2D eigenvalue weighted by Crippen LogP contribution is -2.37. The Balaban J connectivity index is 0.000000517. The van der Waals surface area contributed by atoms with Gasteiger partial charge in [0.15, 0.2) is 0 Å². The number of amides is 1. The van der Waals surface area contributed by atoms with Gasteiger partial charge in [-0.2, -0.15) is 18.3 Å². The van der Waals surface area contributed by atoms with Gasteiger partial charge in [-0.05, 0) is 48.4 Å². The van der Waals surface area contributed by atoms with Gasteiger partial charge in [0.1, 0.15) is 10.8 Å². The number of hydrogen-bond acceptors (Lipinski definition) is 9. The lowest BCUT2D eigenvalue weighted by Gasteiger charge is -2.13. The van der Waals surface area contributed by atoms with Crippen LogP contribution in [0.2, 0.25) is 5.02 Å². The molecule has 0 radical (unpaired) electrons. The van der Waals surface area contributed by atoms with Gasteiger partial charge in [0.2, 0.25) is 11.0 Å². The highest BCUT2D eigenvalue weighted by Gasteiger charge is 2.38. The highest BCUT2D eigenvalue weighted by Crippen LogP contribution is 2.34. The third kappa shape index (κ3) is 7.72. The molecular formula is C26H21ClF3N7O4S. The van der Waals surface area contributed by atoms with Gasteiger partial charge >= 0.3 is 12.1 Å². The van der Waals surface area contributed by atoms with E-state index in [-0.39, 0.29) is 11.7 Å². The number of halogens is 4. The number of nitrogens with two attached hydrogens (primary N) is 1. The summed E-state index contributed by atoms with van der Waals surface area (Å²) in [6.45, 7) is 0. The number of rotatable bonds is 7. The number of carboxylic acids is 1. The van der Waals surface area contributed by atoms with Crippen molar-refractivity contribution in [3.63, 3.8) is 0 Å². The van der Waals surface area contributed by atoms with Crippen molar-refractivity contribution in [2.24, 2.45) is 5.73 Å². The first kappa shape index (κ1) is 30.2. The summed E-state index contributed by atoms with van der Waals surface area (Å²) in [7, 11) is 0. The molecule has 1 atom stereocenters. The van der Waals surface area contributed by atoms with Crippen molar-refractivity contribution in [3.05, 3.63) is 77.4 Å². The van der Waals surface area contributed by atoms with Crippen LogP contribution in [0.25, 0.3) is 21.5 Å². The molecule has 1 amide bonds. The average molecular weight is 620 g/mol. The second-order valence-corrected chi connectivity index (χ2v) is 10.0. The minimum atomic E-state index is -5.08. The predicted octanol–water partition coefficient (Wildman–Crippen LogP) is 5.33. The number of benzene rings is 3. The molecule has 0 saturated carbocycles. The van der Waals surface area contributed by atoms with E-state index >= 15 is 0 Å². The van der Waals surface area contributed by atoms with E-state index in [4.69, 9.17) is 27.2 Å². The molecule has 11 nitrogen and oxygen atoms in total. The largest absolute Gasteiger partial charge is 0.508 e. The Morgan fingerprint density at radius 3 is 2.50 bits per heavy atom.